The van der Waals surface area contributed by atoms with E-state index in [4.69, 9.17) is 30.5 Å². The first-order valence-corrected chi connectivity index (χ1v) is 12.9. The lowest BCUT2D eigenvalue weighted by Crippen LogP contribution is -2.58. The number of carbonyl (C=O) groups is 2. The van der Waals surface area contributed by atoms with E-state index >= 15 is 0 Å². The molecule has 0 saturated heterocycles. The number of aliphatic imine (C=N–C) groups is 1. The average molecular weight is 535 g/mol. The van der Waals surface area contributed by atoms with Crippen molar-refractivity contribution in [1.82, 2.24) is 5.48 Å². The van der Waals surface area contributed by atoms with Gasteiger partial charge in [-0.15, -0.1) is 0 Å². The summed E-state index contributed by atoms with van der Waals surface area (Å²) in [5, 5.41) is 10.1. The topological polar surface area (TPSA) is 168 Å². The highest BCUT2D eigenvalue weighted by Gasteiger charge is 2.50. The highest BCUT2D eigenvalue weighted by Crippen LogP contribution is 2.36. The number of fused-ring (bicyclic) bond motifs is 1. The Morgan fingerprint density at radius 2 is 1.76 bits per heavy atom. The molecule has 38 heavy (non-hydrogen) atoms. The smallest absolute Gasteiger partial charge is 0.431 e. The number of hydroxylamine groups is 1. The molecule has 3 rings (SSSR count). The van der Waals surface area contributed by atoms with Crippen molar-refractivity contribution in [2.75, 3.05) is 6.54 Å². The number of aliphatic hydroxyl groups is 1. The first-order valence-electron chi connectivity index (χ1n) is 12.9. The van der Waals surface area contributed by atoms with Crippen molar-refractivity contribution >= 4 is 17.9 Å². The van der Waals surface area contributed by atoms with Gasteiger partial charge in [0.15, 0.2) is 0 Å². The van der Waals surface area contributed by atoms with E-state index in [2.05, 4.69) is 10.5 Å². The number of carbonyl (C=O) groups excluding carboxylic acids is 2. The van der Waals surface area contributed by atoms with Crippen LogP contribution in [0.15, 0.2) is 23.2 Å². The second-order valence-electron chi connectivity index (χ2n) is 12.3. The Bertz CT molecular complexity index is 1070. The molecule has 1 heterocycles. The average Bonchev–Trinajstić information content (AvgIpc) is 2.78. The van der Waals surface area contributed by atoms with E-state index in [1.54, 1.807) is 53.7 Å². The third-order valence-corrected chi connectivity index (χ3v) is 6.40. The van der Waals surface area contributed by atoms with Gasteiger partial charge < -0.3 is 30.8 Å². The maximum Gasteiger partial charge on any atom is 0.431 e. The van der Waals surface area contributed by atoms with Crippen molar-refractivity contribution in [2.45, 2.75) is 109 Å². The van der Waals surface area contributed by atoms with Gasteiger partial charge in [-0.2, -0.15) is 5.48 Å². The molecule has 1 aromatic rings. The van der Waals surface area contributed by atoms with Gasteiger partial charge in [0.25, 0.3) is 0 Å². The van der Waals surface area contributed by atoms with Crippen molar-refractivity contribution in [3.8, 4) is 5.75 Å². The minimum atomic E-state index is -1.66. The number of ether oxygens (including phenoxy) is 3. The number of benzene rings is 1. The number of rotatable bonds is 7. The molecule has 1 aromatic carbocycles. The molecule has 1 aliphatic carbocycles. The minimum absolute atomic E-state index is 0.0654. The zero-order valence-corrected chi connectivity index (χ0v) is 23.4. The Hall–Kier alpha value is -2.89. The zero-order valence-electron chi connectivity index (χ0n) is 23.4. The second-order valence-corrected chi connectivity index (χ2v) is 12.3. The fraction of sp³-hybridized carbons (Fsp3) is 0.667. The molecule has 1 saturated carbocycles. The van der Waals surface area contributed by atoms with Crippen LogP contribution in [0.1, 0.15) is 78.9 Å². The Kier molecular flexibility index (Phi) is 8.35. The number of nitrogens with zero attached hydrogens (tertiary/aromatic N) is 1. The molecule has 6 N–H and O–H groups in total. The molecular formula is C27H42N4O7. The lowest BCUT2D eigenvalue weighted by Gasteiger charge is -2.40. The normalized spacial score (nSPS) is 25.2. The standard InChI is InChI=1S/C27H42N4O7/c1-24(2,3)36-22(32)26(7,38-31-23(33)37-25(4,5)6)20-11-9-16-12-17(8-10-19(16)35-20)21(29)30-18-13-27(34,14-18)15-28/h8,10,12,18,20,34H,9,11,13-15,28H2,1-7H3,(H2,29,30)(H,31,33)/t18?,20-,26+,27?/m1/s1. The molecule has 0 aromatic heterocycles. The Balaban J connectivity index is 1.76. The molecule has 11 nitrogen and oxygen atoms in total. The third kappa shape index (κ3) is 7.36. The van der Waals surface area contributed by atoms with Crippen LogP contribution in [0.4, 0.5) is 4.79 Å². The Morgan fingerprint density at radius 1 is 1.13 bits per heavy atom. The van der Waals surface area contributed by atoms with Crippen LogP contribution in [0.5, 0.6) is 5.75 Å². The van der Waals surface area contributed by atoms with Gasteiger partial charge in [-0.05, 0) is 97.9 Å². The molecule has 0 radical (unpaired) electrons. The molecule has 0 bridgehead atoms. The lowest BCUT2D eigenvalue weighted by atomic mass is 9.76. The maximum absolute atomic E-state index is 13.3. The third-order valence-electron chi connectivity index (χ3n) is 6.40. The van der Waals surface area contributed by atoms with Gasteiger partial charge in [-0.25, -0.2) is 14.4 Å². The van der Waals surface area contributed by atoms with Gasteiger partial charge in [-0.3, -0.25) is 4.99 Å². The van der Waals surface area contributed by atoms with Crippen molar-refractivity contribution in [3.63, 3.8) is 0 Å². The van der Waals surface area contributed by atoms with Crippen LogP contribution in [0.2, 0.25) is 0 Å². The summed E-state index contributed by atoms with van der Waals surface area (Å²) in [7, 11) is 0. The van der Waals surface area contributed by atoms with Gasteiger partial charge in [0.05, 0.1) is 11.6 Å². The van der Waals surface area contributed by atoms with Crippen molar-refractivity contribution < 1.29 is 33.7 Å². The van der Waals surface area contributed by atoms with Crippen LogP contribution >= 0.6 is 0 Å². The fourth-order valence-corrected chi connectivity index (χ4v) is 4.35. The number of amides is 1. The Morgan fingerprint density at radius 3 is 2.34 bits per heavy atom. The summed E-state index contributed by atoms with van der Waals surface area (Å²) < 4.78 is 17.1. The number of aryl methyl sites for hydroxylation is 1. The minimum Gasteiger partial charge on any atom is -0.486 e. The summed E-state index contributed by atoms with van der Waals surface area (Å²) >= 11 is 0. The molecule has 1 amide bonds. The van der Waals surface area contributed by atoms with Gasteiger partial charge in [-0.1, -0.05) is 0 Å². The highest BCUT2D eigenvalue weighted by atomic mass is 16.7. The first-order chi connectivity index (χ1) is 17.4. The van der Waals surface area contributed by atoms with Crippen LogP contribution in [0, 0.1) is 0 Å². The van der Waals surface area contributed by atoms with E-state index in [0.717, 1.165) is 11.1 Å². The summed E-state index contributed by atoms with van der Waals surface area (Å²) in [5.41, 5.74) is 11.7. The van der Waals surface area contributed by atoms with Crippen LogP contribution in [0.3, 0.4) is 0 Å². The number of hydrogen-bond donors (Lipinski definition) is 4. The number of nitrogens with one attached hydrogen (secondary N) is 1. The number of esters is 1. The predicted molar refractivity (Wildman–Crippen MR) is 142 cm³/mol. The van der Waals surface area contributed by atoms with Crippen molar-refractivity contribution in [3.05, 3.63) is 29.3 Å². The lowest BCUT2D eigenvalue weighted by molar-refractivity contribution is -0.205. The molecule has 2 atom stereocenters. The molecule has 0 unspecified atom stereocenters. The van der Waals surface area contributed by atoms with Gasteiger partial charge in [0.1, 0.15) is 28.9 Å². The van der Waals surface area contributed by atoms with E-state index in [1.807, 2.05) is 6.07 Å². The van der Waals surface area contributed by atoms with Crippen LogP contribution in [-0.4, -0.2) is 64.1 Å². The summed E-state index contributed by atoms with van der Waals surface area (Å²) in [6.07, 6.45) is 0.345. The summed E-state index contributed by atoms with van der Waals surface area (Å²) in [5.74, 6) is 0.262. The van der Waals surface area contributed by atoms with E-state index < -0.39 is 40.6 Å². The van der Waals surface area contributed by atoms with Crippen molar-refractivity contribution in [2.24, 2.45) is 16.5 Å². The quantitative estimate of drug-likeness (QED) is 0.178. The highest BCUT2D eigenvalue weighted by molar-refractivity contribution is 5.98. The van der Waals surface area contributed by atoms with Crippen molar-refractivity contribution in [1.29, 1.82) is 0 Å². The molecule has 1 aliphatic heterocycles. The van der Waals surface area contributed by atoms with E-state index in [1.165, 1.54) is 6.92 Å². The predicted octanol–water partition coefficient (Wildman–Crippen LogP) is 2.49. The van der Waals surface area contributed by atoms with Gasteiger partial charge in [0, 0.05) is 12.1 Å². The number of amidine groups is 1. The van der Waals surface area contributed by atoms with Crippen LogP contribution < -0.4 is 21.7 Å². The molecular weight excluding hydrogens is 492 g/mol. The Labute approximate surface area is 224 Å². The summed E-state index contributed by atoms with van der Waals surface area (Å²) in [4.78, 5) is 35.7. The first kappa shape index (κ1) is 29.7. The number of nitrogens with two attached hydrogens (primary N) is 2. The number of hydrogen-bond acceptors (Lipinski definition) is 9. The summed E-state index contributed by atoms with van der Waals surface area (Å²) in [6.45, 7) is 12.1. The SMILES string of the molecule is CC(C)(C)OC(=O)NO[C@](C)(C(=O)OC(C)(C)C)[C@H]1CCc2cc(C(N)=NC3CC(O)(CN)C3)ccc2O1. The monoisotopic (exact) mass is 534 g/mol. The second kappa shape index (κ2) is 10.7. The molecule has 212 valence electrons. The molecule has 1 fully saturated rings. The van der Waals surface area contributed by atoms with E-state index in [0.29, 0.717) is 37.3 Å². The van der Waals surface area contributed by atoms with Crippen LogP contribution in [-0.2, 0) is 25.5 Å². The molecule has 0 spiro atoms. The van der Waals surface area contributed by atoms with Gasteiger partial charge in [0.2, 0.25) is 5.60 Å². The van der Waals surface area contributed by atoms with Crippen LogP contribution in [0.25, 0.3) is 0 Å². The molecule has 11 heteroatoms. The summed E-state index contributed by atoms with van der Waals surface area (Å²) in [6, 6.07) is 5.40. The van der Waals surface area contributed by atoms with Gasteiger partial charge >= 0.3 is 12.1 Å². The van der Waals surface area contributed by atoms with E-state index in [9.17, 15) is 14.7 Å². The zero-order chi connectivity index (χ0) is 28.5. The van der Waals surface area contributed by atoms with E-state index in [-0.39, 0.29) is 12.6 Å². The maximum atomic E-state index is 13.3. The largest absolute Gasteiger partial charge is 0.486 e. The molecule has 2 aliphatic rings. The fourth-order valence-electron chi connectivity index (χ4n) is 4.35.